The van der Waals surface area contributed by atoms with E-state index in [2.05, 4.69) is 10.6 Å². The zero-order valence-electron chi connectivity index (χ0n) is 19.6. The van der Waals surface area contributed by atoms with Crippen molar-refractivity contribution in [2.75, 3.05) is 22.4 Å². The molecule has 0 fully saturated rings. The molecule has 0 aliphatic heterocycles. The van der Waals surface area contributed by atoms with Crippen LogP contribution in [0.15, 0.2) is 78.9 Å². The van der Waals surface area contributed by atoms with E-state index in [1.54, 1.807) is 30.3 Å². The van der Waals surface area contributed by atoms with Crippen LogP contribution < -0.4 is 14.9 Å². The number of amides is 2. The van der Waals surface area contributed by atoms with Gasteiger partial charge in [-0.3, -0.25) is 13.9 Å². The molecule has 0 unspecified atom stereocenters. The summed E-state index contributed by atoms with van der Waals surface area (Å²) in [5.41, 5.74) is 1.55. The SMILES string of the molecule is C[C@H](NC(=O)c1ccccc1NC(=O)CCCN(c1ccccc1F)S(C)(=O)=O)c1ccccc1. The van der Waals surface area contributed by atoms with Crippen molar-refractivity contribution in [2.45, 2.75) is 25.8 Å². The Labute approximate surface area is 205 Å². The number of carbonyl (C=O) groups is 2. The van der Waals surface area contributed by atoms with Crippen molar-refractivity contribution in [3.63, 3.8) is 0 Å². The van der Waals surface area contributed by atoms with E-state index in [9.17, 15) is 22.4 Å². The molecule has 0 bridgehead atoms. The smallest absolute Gasteiger partial charge is 0.253 e. The summed E-state index contributed by atoms with van der Waals surface area (Å²) in [6.07, 6.45) is 1.13. The average molecular weight is 498 g/mol. The molecule has 3 aromatic rings. The average Bonchev–Trinajstić information content (AvgIpc) is 2.82. The zero-order valence-corrected chi connectivity index (χ0v) is 20.4. The monoisotopic (exact) mass is 497 g/mol. The van der Waals surface area contributed by atoms with Crippen molar-refractivity contribution in [3.8, 4) is 0 Å². The van der Waals surface area contributed by atoms with Crippen LogP contribution in [0, 0.1) is 5.82 Å². The highest BCUT2D eigenvalue weighted by Gasteiger charge is 2.21. The van der Waals surface area contributed by atoms with Crippen LogP contribution >= 0.6 is 0 Å². The summed E-state index contributed by atoms with van der Waals surface area (Å²) < 4.78 is 39.4. The normalized spacial score (nSPS) is 12.0. The highest BCUT2D eigenvalue weighted by Crippen LogP contribution is 2.22. The van der Waals surface area contributed by atoms with Crippen molar-refractivity contribution in [1.82, 2.24) is 5.32 Å². The second-order valence-corrected chi connectivity index (χ2v) is 10.00. The van der Waals surface area contributed by atoms with E-state index in [0.717, 1.165) is 16.1 Å². The second-order valence-electron chi connectivity index (χ2n) is 8.09. The standard InChI is InChI=1S/C26H28FN3O4S/c1-19(20-11-4-3-5-12-20)28-26(32)21-13-6-8-15-23(21)29-25(31)17-10-18-30(35(2,33)34)24-16-9-7-14-22(24)27/h3-9,11-16,19H,10,17-18H2,1-2H3,(H,28,32)(H,29,31)/t19-/m0/s1. The highest BCUT2D eigenvalue weighted by molar-refractivity contribution is 7.92. The predicted octanol–water partition coefficient (Wildman–Crippen LogP) is 4.50. The first-order valence-corrected chi connectivity index (χ1v) is 13.0. The molecule has 0 radical (unpaired) electrons. The summed E-state index contributed by atoms with van der Waals surface area (Å²) in [7, 11) is -3.74. The topological polar surface area (TPSA) is 95.6 Å². The number of benzene rings is 3. The molecule has 0 heterocycles. The van der Waals surface area contributed by atoms with Crippen LogP contribution in [-0.4, -0.2) is 33.0 Å². The molecule has 0 saturated carbocycles. The molecule has 1 atom stereocenters. The van der Waals surface area contributed by atoms with E-state index in [-0.39, 0.29) is 42.9 Å². The van der Waals surface area contributed by atoms with Crippen LogP contribution in [0.4, 0.5) is 15.8 Å². The van der Waals surface area contributed by atoms with E-state index in [4.69, 9.17) is 0 Å². The minimum absolute atomic E-state index is 0.0170. The van der Waals surface area contributed by atoms with E-state index in [0.29, 0.717) is 11.3 Å². The summed E-state index contributed by atoms with van der Waals surface area (Å²) in [5.74, 6) is -1.38. The van der Waals surface area contributed by atoms with Crippen LogP contribution in [0.1, 0.15) is 41.7 Å². The molecule has 2 N–H and O–H groups in total. The first-order valence-electron chi connectivity index (χ1n) is 11.1. The van der Waals surface area contributed by atoms with E-state index in [1.807, 2.05) is 37.3 Å². The number of rotatable bonds is 10. The molecular weight excluding hydrogens is 469 g/mol. The fourth-order valence-electron chi connectivity index (χ4n) is 3.60. The molecule has 7 nitrogen and oxygen atoms in total. The lowest BCUT2D eigenvalue weighted by Crippen LogP contribution is -2.32. The minimum atomic E-state index is -3.74. The van der Waals surface area contributed by atoms with Gasteiger partial charge in [0.25, 0.3) is 5.91 Å². The number of halogens is 1. The minimum Gasteiger partial charge on any atom is -0.345 e. The molecule has 0 spiro atoms. The molecule has 2 amide bonds. The molecule has 0 saturated heterocycles. The van der Waals surface area contributed by atoms with E-state index < -0.39 is 15.8 Å². The van der Waals surface area contributed by atoms with E-state index >= 15 is 0 Å². The second kappa shape index (κ2) is 11.6. The number of hydrogen-bond acceptors (Lipinski definition) is 4. The number of hydrogen-bond donors (Lipinski definition) is 2. The van der Waals surface area contributed by atoms with Gasteiger partial charge in [0.15, 0.2) is 0 Å². The van der Waals surface area contributed by atoms with Gasteiger partial charge >= 0.3 is 0 Å². The Balaban J connectivity index is 1.62. The quantitative estimate of drug-likeness (QED) is 0.431. The first-order chi connectivity index (χ1) is 16.7. The van der Waals surface area contributed by atoms with Crippen molar-refractivity contribution in [3.05, 3.63) is 95.8 Å². The lowest BCUT2D eigenvalue weighted by molar-refractivity contribution is -0.116. The molecule has 9 heteroatoms. The third-order valence-electron chi connectivity index (χ3n) is 5.38. The number of nitrogens with zero attached hydrogens (tertiary/aromatic N) is 1. The van der Waals surface area contributed by atoms with Crippen LogP contribution in [-0.2, 0) is 14.8 Å². The van der Waals surface area contributed by atoms with Crippen LogP contribution in [0.3, 0.4) is 0 Å². The number of anilines is 2. The van der Waals surface area contributed by atoms with Crippen molar-refractivity contribution in [1.29, 1.82) is 0 Å². The lowest BCUT2D eigenvalue weighted by Gasteiger charge is -2.22. The Bertz CT molecular complexity index is 1280. The van der Waals surface area contributed by atoms with Crippen molar-refractivity contribution in [2.24, 2.45) is 0 Å². The Morgan fingerprint density at radius 1 is 0.943 bits per heavy atom. The fraction of sp³-hybridized carbons (Fsp3) is 0.231. The van der Waals surface area contributed by atoms with Gasteiger partial charge in [-0.25, -0.2) is 12.8 Å². The third-order valence-corrected chi connectivity index (χ3v) is 6.56. The highest BCUT2D eigenvalue weighted by atomic mass is 32.2. The van der Waals surface area contributed by atoms with Gasteiger partial charge in [0.05, 0.1) is 29.2 Å². The van der Waals surface area contributed by atoms with Gasteiger partial charge < -0.3 is 10.6 Å². The number of para-hydroxylation sites is 2. The summed E-state index contributed by atoms with van der Waals surface area (Å²) in [4.78, 5) is 25.4. The maximum absolute atomic E-state index is 14.1. The van der Waals surface area contributed by atoms with Gasteiger partial charge in [-0.15, -0.1) is 0 Å². The molecule has 0 aliphatic carbocycles. The van der Waals surface area contributed by atoms with Gasteiger partial charge in [-0.1, -0.05) is 54.6 Å². The predicted molar refractivity (Wildman–Crippen MR) is 135 cm³/mol. The number of carbonyl (C=O) groups excluding carboxylic acids is 2. The maximum Gasteiger partial charge on any atom is 0.253 e. The Hall–Kier alpha value is -3.72. The molecule has 0 aliphatic rings. The Kier molecular flexibility index (Phi) is 8.59. The largest absolute Gasteiger partial charge is 0.345 e. The summed E-state index contributed by atoms with van der Waals surface area (Å²) >= 11 is 0. The first kappa shape index (κ1) is 25.9. The molecule has 35 heavy (non-hydrogen) atoms. The molecular formula is C26H28FN3O4S. The number of sulfonamides is 1. The molecule has 184 valence electrons. The molecule has 0 aromatic heterocycles. The van der Waals surface area contributed by atoms with Crippen LogP contribution in [0.5, 0.6) is 0 Å². The van der Waals surface area contributed by atoms with Crippen LogP contribution in [0.25, 0.3) is 0 Å². The lowest BCUT2D eigenvalue weighted by atomic mass is 10.1. The van der Waals surface area contributed by atoms with Crippen molar-refractivity contribution < 1.29 is 22.4 Å². The Morgan fingerprint density at radius 2 is 1.57 bits per heavy atom. The van der Waals surface area contributed by atoms with Gasteiger partial charge in [0.1, 0.15) is 5.82 Å². The van der Waals surface area contributed by atoms with Gasteiger partial charge in [0, 0.05) is 13.0 Å². The summed E-state index contributed by atoms with van der Waals surface area (Å²) in [5, 5.41) is 5.65. The van der Waals surface area contributed by atoms with Gasteiger partial charge in [-0.2, -0.15) is 0 Å². The zero-order chi connectivity index (χ0) is 25.4. The number of nitrogens with one attached hydrogen (secondary N) is 2. The third kappa shape index (κ3) is 7.13. The molecule has 3 rings (SSSR count). The van der Waals surface area contributed by atoms with Crippen LogP contribution in [0.2, 0.25) is 0 Å². The van der Waals surface area contributed by atoms with Gasteiger partial charge in [0.2, 0.25) is 15.9 Å². The van der Waals surface area contributed by atoms with E-state index in [1.165, 1.54) is 18.2 Å². The molecule has 3 aromatic carbocycles. The Morgan fingerprint density at radius 3 is 2.26 bits per heavy atom. The summed E-state index contributed by atoms with van der Waals surface area (Å²) in [6, 6.07) is 21.5. The van der Waals surface area contributed by atoms with Crippen molar-refractivity contribution >= 4 is 33.2 Å². The summed E-state index contributed by atoms with van der Waals surface area (Å²) in [6.45, 7) is 1.81. The maximum atomic E-state index is 14.1. The fourth-order valence-corrected chi connectivity index (χ4v) is 4.57. The van der Waals surface area contributed by atoms with Gasteiger partial charge in [-0.05, 0) is 43.2 Å².